The summed E-state index contributed by atoms with van der Waals surface area (Å²) >= 11 is 0. The van der Waals surface area contributed by atoms with E-state index in [1.807, 2.05) is 20.8 Å². The topological polar surface area (TPSA) is 63.5 Å². The Morgan fingerprint density at radius 2 is 2.10 bits per heavy atom. The molecular weight excluding hydrogens is 275 g/mol. The third-order valence-electron chi connectivity index (χ3n) is 3.53. The molecular formula is C15H21FN2O3. The number of halogens is 1. The first-order chi connectivity index (χ1) is 9.92. The lowest BCUT2D eigenvalue weighted by Crippen LogP contribution is -2.39. The van der Waals surface area contributed by atoms with Crippen molar-refractivity contribution >= 4 is 11.6 Å². The maximum atomic E-state index is 13.9. The van der Waals surface area contributed by atoms with Crippen molar-refractivity contribution in [3.05, 3.63) is 39.7 Å². The molecule has 0 radical (unpaired) electrons. The van der Waals surface area contributed by atoms with Gasteiger partial charge in [-0.2, -0.15) is 0 Å². The summed E-state index contributed by atoms with van der Waals surface area (Å²) in [6, 6.07) is 3.01. The van der Waals surface area contributed by atoms with Gasteiger partial charge in [-0.1, -0.05) is 20.3 Å². The highest BCUT2D eigenvalue weighted by Crippen LogP contribution is 2.20. The number of benzene rings is 1. The van der Waals surface area contributed by atoms with Crippen molar-refractivity contribution in [2.45, 2.75) is 46.1 Å². The molecule has 0 aliphatic carbocycles. The molecule has 0 N–H and O–H groups in total. The molecule has 0 aromatic heterocycles. The van der Waals surface area contributed by atoms with E-state index in [1.54, 1.807) is 4.90 Å². The van der Waals surface area contributed by atoms with Gasteiger partial charge in [0, 0.05) is 24.7 Å². The summed E-state index contributed by atoms with van der Waals surface area (Å²) in [5.41, 5.74) is -0.514. The van der Waals surface area contributed by atoms with Gasteiger partial charge in [0.15, 0.2) is 0 Å². The monoisotopic (exact) mass is 296 g/mol. The molecule has 0 aliphatic rings. The lowest BCUT2D eigenvalue weighted by atomic mass is 10.1. The number of rotatable bonds is 7. The average molecular weight is 296 g/mol. The first-order valence-corrected chi connectivity index (χ1v) is 7.17. The van der Waals surface area contributed by atoms with E-state index in [9.17, 15) is 19.3 Å². The van der Waals surface area contributed by atoms with Gasteiger partial charge in [-0.05, 0) is 25.8 Å². The average Bonchev–Trinajstić information content (AvgIpc) is 2.47. The van der Waals surface area contributed by atoms with Crippen LogP contribution in [-0.4, -0.2) is 28.3 Å². The first-order valence-electron chi connectivity index (χ1n) is 7.17. The molecule has 0 saturated heterocycles. The van der Waals surface area contributed by atoms with E-state index in [1.165, 1.54) is 0 Å². The maximum absolute atomic E-state index is 13.9. The molecule has 1 aromatic carbocycles. The van der Waals surface area contributed by atoms with Gasteiger partial charge in [0.1, 0.15) is 5.82 Å². The van der Waals surface area contributed by atoms with Crippen molar-refractivity contribution in [1.29, 1.82) is 0 Å². The van der Waals surface area contributed by atoms with Crippen LogP contribution in [0.2, 0.25) is 0 Å². The van der Waals surface area contributed by atoms with Gasteiger partial charge >= 0.3 is 0 Å². The summed E-state index contributed by atoms with van der Waals surface area (Å²) in [4.78, 5) is 24.2. The number of carbonyl (C=O) groups is 1. The van der Waals surface area contributed by atoms with E-state index in [0.29, 0.717) is 6.54 Å². The van der Waals surface area contributed by atoms with Gasteiger partial charge in [-0.25, -0.2) is 4.39 Å². The Morgan fingerprint density at radius 3 is 2.62 bits per heavy atom. The molecule has 0 heterocycles. The van der Waals surface area contributed by atoms with E-state index < -0.39 is 16.6 Å². The van der Waals surface area contributed by atoms with E-state index >= 15 is 0 Å². The molecule has 1 amide bonds. The summed E-state index contributed by atoms with van der Waals surface area (Å²) in [6.45, 7) is 6.36. The predicted octanol–water partition coefficient (Wildman–Crippen LogP) is 3.77. The Bertz CT molecular complexity index is 520. The number of hydrogen-bond acceptors (Lipinski definition) is 3. The van der Waals surface area contributed by atoms with Crippen LogP contribution in [0.25, 0.3) is 0 Å². The fraction of sp³-hybridized carbons (Fsp3) is 0.533. The third-order valence-corrected chi connectivity index (χ3v) is 3.53. The van der Waals surface area contributed by atoms with Crippen LogP contribution in [0.1, 0.15) is 50.4 Å². The predicted molar refractivity (Wildman–Crippen MR) is 78.8 cm³/mol. The number of nitrogens with zero attached hydrogens (tertiary/aromatic N) is 2. The summed E-state index contributed by atoms with van der Waals surface area (Å²) in [6.07, 6.45) is 2.47. The Balaban J connectivity index is 3.12. The highest BCUT2D eigenvalue weighted by molar-refractivity contribution is 5.95. The van der Waals surface area contributed by atoms with Gasteiger partial charge in [-0.15, -0.1) is 0 Å². The van der Waals surface area contributed by atoms with Crippen LogP contribution in [-0.2, 0) is 0 Å². The molecule has 116 valence electrons. The lowest BCUT2D eigenvalue weighted by Gasteiger charge is -2.28. The highest BCUT2D eigenvalue weighted by atomic mass is 19.1. The highest BCUT2D eigenvalue weighted by Gasteiger charge is 2.24. The molecule has 0 fully saturated rings. The van der Waals surface area contributed by atoms with Crippen LogP contribution in [0.4, 0.5) is 10.1 Å². The molecule has 5 nitrogen and oxygen atoms in total. The molecule has 21 heavy (non-hydrogen) atoms. The number of amides is 1. The minimum atomic E-state index is -0.726. The number of nitro groups is 1. The van der Waals surface area contributed by atoms with Crippen LogP contribution >= 0.6 is 0 Å². The van der Waals surface area contributed by atoms with Crippen LogP contribution in [0.3, 0.4) is 0 Å². The van der Waals surface area contributed by atoms with Crippen LogP contribution in [0.15, 0.2) is 18.2 Å². The Hall–Kier alpha value is -1.98. The molecule has 1 atom stereocenters. The second-order valence-electron chi connectivity index (χ2n) is 5.03. The zero-order valence-corrected chi connectivity index (χ0v) is 12.6. The summed E-state index contributed by atoms with van der Waals surface area (Å²) in [7, 11) is 0. The SMILES string of the molecule is CCCCN(C(=O)c1cc([N+](=O)[O-])ccc1F)C(C)CC. The van der Waals surface area contributed by atoms with Crippen molar-refractivity contribution in [3.8, 4) is 0 Å². The van der Waals surface area contributed by atoms with Crippen LogP contribution in [0, 0.1) is 15.9 Å². The molecule has 1 aromatic rings. The first kappa shape index (κ1) is 17.1. The van der Waals surface area contributed by atoms with E-state index in [-0.39, 0.29) is 17.3 Å². The normalized spacial score (nSPS) is 12.0. The number of carbonyl (C=O) groups excluding carboxylic acids is 1. The van der Waals surface area contributed by atoms with Crippen molar-refractivity contribution in [2.24, 2.45) is 0 Å². The fourth-order valence-corrected chi connectivity index (χ4v) is 2.02. The maximum Gasteiger partial charge on any atom is 0.270 e. The number of hydrogen-bond donors (Lipinski definition) is 0. The molecule has 6 heteroatoms. The summed E-state index contributed by atoms with van der Waals surface area (Å²) in [5.74, 6) is -1.21. The second kappa shape index (κ2) is 7.71. The zero-order chi connectivity index (χ0) is 16.0. The number of nitro benzene ring substituents is 1. The minimum absolute atomic E-state index is 0.0392. The van der Waals surface area contributed by atoms with E-state index in [0.717, 1.165) is 37.5 Å². The van der Waals surface area contributed by atoms with Gasteiger partial charge in [0.05, 0.1) is 10.5 Å². The van der Waals surface area contributed by atoms with Crippen molar-refractivity contribution in [1.82, 2.24) is 4.90 Å². The number of non-ortho nitro benzene ring substituents is 1. The molecule has 0 saturated carbocycles. The van der Waals surface area contributed by atoms with Crippen molar-refractivity contribution in [2.75, 3.05) is 6.54 Å². The second-order valence-corrected chi connectivity index (χ2v) is 5.03. The molecule has 1 unspecified atom stereocenters. The number of unbranched alkanes of at least 4 members (excludes halogenated alkanes) is 1. The largest absolute Gasteiger partial charge is 0.336 e. The standard InChI is InChI=1S/C15H21FN2O3/c1-4-6-9-17(11(3)5-2)15(19)13-10-12(18(20)21)7-8-14(13)16/h7-8,10-11H,4-6,9H2,1-3H3. The Labute approximate surface area is 123 Å². The van der Waals surface area contributed by atoms with Crippen molar-refractivity contribution in [3.63, 3.8) is 0 Å². The zero-order valence-electron chi connectivity index (χ0n) is 12.6. The van der Waals surface area contributed by atoms with Gasteiger partial charge in [-0.3, -0.25) is 14.9 Å². The third kappa shape index (κ3) is 4.24. The van der Waals surface area contributed by atoms with Crippen LogP contribution < -0.4 is 0 Å². The smallest absolute Gasteiger partial charge is 0.270 e. The van der Waals surface area contributed by atoms with E-state index in [2.05, 4.69) is 0 Å². The lowest BCUT2D eigenvalue weighted by molar-refractivity contribution is -0.384. The Morgan fingerprint density at radius 1 is 1.43 bits per heavy atom. The van der Waals surface area contributed by atoms with Gasteiger partial charge in [0.25, 0.3) is 11.6 Å². The molecule has 0 bridgehead atoms. The quantitative estimate of drug-likeness (QED) is 0.568. The van der Waals surface area contributed by atoms with Gasteiger partial charge in [0.2, 0.25) is 0 Å². The summed E-state index contributed by atoms with van der Waals surface area (Å²) in [5, 5.41) is 10.8. The Kier molecular flexibility index (Phi) is 6.27. The van der Waals surface area contributed by atoms with Crippen molar-refractivity contribution < 1.29 is 14.1 Å². The summed E-state index contributed by atoms with van der Waals surface area (Å²) < 4.78 is 13.9. The minimum Gasteiger partial charge on any atom is -0.336 e. The van der Waals surface area contributed by atoms with Crippen LogP contribution in [0.5, 0.6) is 0 Å². The van der Waals surface area contributed by atoms with E-state index in [4.69, 9.17) is 0 Å². The molecule has 0 aliphatic heterocycles. The molecule has 0 spiro atoms. The van der Waals surface area contributed by atoms with Gasteiger partial charge < -0.3 is 4.90 Å². The molecule has 1 rings (SSSR count). The fourth-order valence-electron chi connectivity index (χ4n) is 2.02.